The summed E-state index contributed by atoms with van der Waals surface area (Å²) in [7, 11) is 0. The lowest BCUT2D eigenvalue weighted by Crippen LogP contribution is -2.48. The van der Waals surface area contributed by atoms with E-state index in [1.165, 1.54) is 49.7 Å². The van der Waals surface area contributed by atoms with Gasteiger partial charge in [0.1, 0.15) is 12.4 Å². The molecule has 7 rings (SSSR count). The van der Waals surface area contributed by atoms with Gasteiger partial charge in [0, 0.05) is 10.0 Å². The van der Waals surface area contributed by atoms with Crippen molar-refractivity contribution in [2.75, 3.05) is 0 Å². The lowest BCUT2D eigenvalue weighted by Gasteiger charge is -2.57. The zero-order valence-electron chi connectivity index (χ0n) is 20.3. The Bertz CT molecular complexity index is 1270. The molecule has 0 aliphatic heterocycles. The molecule has 0 amide bonds. The van der Waals surface area contributed by atoms with E-state index in [0.29, 0.717) is 6.61 Å². The second kappa shape index (κ2) is 9.55. The van der Waals surface area contributed by atoms with Crippen LogP contribution in [0.2, 0.25) is 0 Å². The highest BCUT2D eigenvalue weighted by Gasteiger charge is 2.52. The second-order valence-corrected chi connectivity index (χ2v) is 11.9. The summed E-state index contributed by atoms with van der Waals surface area (Å²) in [5, 5.41) is 10.8. The van der Waals surface area contributed by atoms with Gasteiger partial charge in [-0.15, -0.1) is 0 Å². The van der Waals surface area contributed by atoms with Gasteiger partial charge in [0.15, 0.2) is 0 Å². The fraction of sp³-hybridized carbons (Fsp3) is 0.344. The molecule has 4 aliphatic carbocycles. The molecule has 3 aromatic rings. The van der Waals surface area contributed by atoms with Crippen molar-refractivity contribution in [1.29, 1.82) is 0 Å². The van der Waals surface area contributed by atoms with Crippen LogP contribution in [0.3, 0.4) is 0 Å². The van der Waals surface area contributed by atoms with E-state index in [4.69, 9.17) is 4.74 Å². The van der Waals surface area contributed by atoms with Crippen LogP contribution in [0.4, 0.5) is 0 Å². The summed E-state index contributed by atoms with van der Waals surface area (Å²) in [6.45, 7) is 0.572. The van der Waals surface area contributed by atoms with Crippen molar-refractivity contribution in [2.45, 2.75) is 50.5 Å². The molecular weight excluding hydrogens is 512 g/mol. The normalized spacial score (nSPS) is 26.4. The van der Waals surface area contributed by atoms with Crippen LogP contribution < -0.4 is 9.84 Å². The Balaban J connectivity index is 1.38. The zero-order valence-corrected chi connectivity index (χ0v) is 21.9. The first-order chi connectivity index (χ1) is 17.5. The van der Waals surface area contributed by atoms with E-state index in [0.717, 1.165) is 50.7 Å². The minimum absolute atomic E-state index is 0.209. The summed E-state index contributed by atoms with van der Waals surface area (Å²) in [4.78, 5) is 10.8. The van der Waals surface area contributed by atoms with Gasteiger partial charge >= 0.3 is 0 Å². The van der Waals surface area contributed by atoms with Crippen LogP contribution in [-0.2, 0) is 16.8 Å². The molecule has 0 spiro atoms. The van der Waals surface area contributed by atoms with Crippen LogP contribution >= 0.6 is 15.9 Å². The third-order valence-corrected chi connectivity index (χ3v) is 9.20. The van der Waals surface area contributed by atoms with Crippen LogP contribution in [0, 0.1) is 17.8 Å². The number of carbonyl (C=O) groups excluding carboxylic acids is 1. The zero-order chi connectivity index (χ0) is 24.7. The van der Waals surface area contributed by atoms with Gasteiger partial charge in [0.2, 0.25) is 0 Å². The Morgan fingerprint density at radius 3 is 2.28 bits per heavy atom. The van der Waals surface area contributed by atoms with Crippen molar-refractivity contribution >= 4 is 28.0 Å². The molecule has 0 saturated heterocycles. The van der Waals surface area contributed by atoms with Gasteiger partial charge in [0.05, 0.1) is 5.97 Å². The number of hydrogen-bond donors (Lipinski definition) is 0. The molecule has 0 atom stereocenters. The number of carboxylic acids is 1. The van der Waals surface area contributed by atoms with Gasteiger partial charge in [-0.1, -0.05) is 70.5 Å². The van der Waals surface area contributed by atoms with E-state index in [-0.39, 0.29) is 5.41 Å². The number of hydrogen-bond acceptors (Lipinski definition) is 3. The Morgan fingerprint density at radius 1 is 0.944 bits per heavy atom. The fourth-order valence-electron chi connectivity index (χ4n) is 7.45. The first-order valence-electron chi connectivity index (χ1n) is 13.0. The predicted molar refractivity (Wildman–Crippen MR) is 144 cm³/mol. The van der Waals surface area contributed by atoms with Crippen LogP contribution in [-0.4, -0.2) is 5.97 Å². The standard InChI is InChI=1S/C32H31BrO3/c33-29-15-21(7-11-31(34)35)6-9-27(29)26-8-10-30(36-20-22-4-2-1-3-5-22)28(16-26)32-17-23-12-24(18-32)14-25(13-23)19-32/h1-11,15-16,23-25H,12-14,17-20H2,(H,34,35)/p-1/b11-7+. The van der Waals surface area contributed by atoms with Crippen LogP contribution in [0.15, 0.2) is 77.3 Å². The average molecular weight is 542 g/mol. The monoisotopic (exact) mass is 541 g/mol. The number of carbonyl (C=O) groups is 1. The molecule has 4 heteroatoms. The Hall–Kier alpha value is -2.85. The van der Waals surface area contributed by atoms with E-state index in [1.807, 2.05) is 18.2 Å². The average Bonchev–Trinajstić information content (AvgIpc) is 2.86. The second-order valence-electron chi connectivity index (χ2n) is 11.1. The summed E-state index contributed by atoms with van der Waals surface area (Å²) in [6.07, 6.45) is 10.7. The van der Waals surface area contributed by atoms with Gasteiger partial charge in [-0.3, -0.25) is 0 Å². The smallest absolute Gasteiger partial charge is 0.123 e. The highest BCUT2D eigenvalue weighted by atomic mass is 79.9. The highest BCUT2D eigenvalue weighted by molar-refractivity contribution is 9.10. The van der Waals surface area contributed by atoms with Gasteiger partial charge in [-0.2, -0.15) is 0 Å². The van der Waals surface area contributed by atoms with E-state index in [1.54, 1.807) is 6.08 Å². The molecule has 3 aromatic carbocycles. The lowest BCUT2D eigenvalue weighted by atomic mass is 9.48. The molecule has 4 saturated carbocycles. The molecule has 4 fully saturated rings. The first-order valence-corrected chi connectivity index (χ1v) is 13.8. The third kappa shape index (κ3) is 4.64. The molecular formula is C32H30BrO3-. The maximum Gasteiger partial charge on any atom is 0.123 e. The maximum atomic E-state index is 10.8. The Morgan fingerprint density at radius 2 is 1.64 bits per heavy atom. The number of carboxylic acid groups (broad SMARTS) is 1. The summed E-state index contributed by atoms with van der Waals surface area (Å²) < 4.78 is 7.47. The van der Waals surface area contributed by atoms with Crippen LogP contribution in [0.1, 0.15) is 55.2 Å². The van der Waals surface area contributed by atoms with Crippen molar-refractivity contribution in [1.82, 2.24) is 0 Å². The molecule has 0 heterocycles. The Labute approximate surface area is 221 Å². The van der Waals surface area contributed by atoms with Crippen molar-refractivity contribution in [3.8, 4) is 16.9 Å². The summed E-state index contributed by atoms with van der Waals surface area (Å²) in [6, 6.07) is 23.1. The van der Waals surface area contributed by atoms with Crippen molar-refractivity contribution in [3.05, 3.63) is 94.0 Å². The van der Waals surface area contributed by atoms with E-state index in [2.05, 4.69) is 64.5 Å². The SMILES string of the molecule is O=C([O-])/C=C/c1ccc(-c2ccc(OCc3ccccc3)c(C34CC5CC(CC(C5)C3)C4)c2)c(Br)c1. The molecule has 3 nitrogen and oxygen atoms in total. The summed E-state index contributed by atoms with van der Waals surface area (Å²) in [5.74, 6) is 2.38. The third-order valence-electron chi connectivity index (χ3n) is 8.54. The predicted octanol–water partition coefficient (Wildman–Crippen LogP) is 6.93. The molecule has 4 aliphatic rings. The summed E-state index contributed by atoms with van der Waals surface area (Å²) in [5.41, 5.74) is 5.85. The molecule has 184 valence electrons. The number of ether oxygens (including phenoxy) is 1. The van der Waals surface area contributed by atoms with Gasteiger partial charge < -0.3 is 14.6 Å². The van der Waals surface area contributed by atoms with Gasteiger partial charge in [0.25, 0.3) is 0 Å². The number of halogens is 1. The minimum atomic E-state index is -1.19. The first kappa shape index (κ1) is 23.5. The van der Waals surface area contributed by atoms with Crippen molar-refractivity contribution in [2.24, 2.45) is 17.8 Å². The van der Waals surface area contributed by atoms with Crippen molar-refractivity contribution < 1.29 is 14.6 Å². The minimum Gasteiger partial charge on any atom is -0.545 e. The maximum absolute atomic E-state index is 10.8. The molecule has 0 radical (unpaired) electrons. The fourth-order valence-corrected chi connectivity index (χ4v) is 8.07. The van der Waals surface area contributed by atoms with Crippen LogP contribution in [0.25, 0.3) is 17.2 Å². The van der Waals surface area contributed by atoms with Crippen LogP contribution in [0.5, 0.6) is 5.75 Å². The molecule has 0 aromatic heterocycles. The van der Waals surface area contributed by atoms with E-state index >= 15 is 0 Å². The number of rotatable bonds is 7. The van der Waals surface area contributed by atoms with Crippen molar-refractivity contribution in [3.63, 3.8) is 0 Å². The summed E-state index contributed by atoms with van der Waals surface area (Å²) >= 11 is 3.73. The molecule has 0 unspecified atom stereocenters. The number of aliphatic carboxylic acids is 1. The molecule has 36 heavy (non-hydrogen) atoms. The largest absolute Gasteiger partial charge is 0.545 e. The van der Waals surface area contributed by atoms with E-state index in [9.17, 15) is 9.90 Å². The molecule has 4 bridgehead atoms. The number of benzene rings is 3. The quantitative estimate of drug-likeness (QED) is 0.305. The lowest BCUT2D eigenvalue weighted by molar-refractivity contribution is -0.297. The van der Waals surface area contributed by atoms with Gasteiger partial charge in [-0.25, -0.2) is 0 Å². The highest BCUT2D eigenvalue weighted by Crippen LogP contribution is 2.62. The van der Waals surface area contributed by atoms with Gasteiger partial charge in [-0.05, 0) is 108 Å². The molecule has 0 N–H and O–H groups in total. The van der Waals surface area contributed by atoms with E-state index < -0.39 is 5.97 Å². The Kier molecular flexibility index (Phi) is 6.25. The topological polar surface area (TPSA) is 49.4 Å².